The summed E-state index contributed by atoms with van der Waals surface area (Å²) in [7, 11) is 0. The normalized spacial score (nSPS) is 22.1. The van der Waals surface area contributed by atoms with Crippen molar-refractivity contribution in [3.63, 3.8) is 0 Å². The van der Waals surface area contributed by atoms with Crippen LogP contribution in [-0.2, 0) is 0 Å². The zero-order valence-electron chi connectivity index (χ0n) is 5.05. The molecule has 0 aromatic heterocycles. The van der Waals surface area contributed by atoms with Gasteiger partial charge in [0, 0.05) is 0 Å². The van der Waals surface area contributed by atoms with E-state index >= 15 is 0 Å². The van der Waals surface area contributed by atoms with Gasteiger partial charge in [-0.1, -0.05) is 0 Å². The highest BCUT2D eigenvalue weighted by Crippen LogP contribution is 1.85. The topological polar surface area (TPSA) is 78.5 Å². The van der Waals surface area contributed by atoms with Crippen LogP contribution in [0.1, 0.15) is 13.8 Å². The first-order valence-electron chi connectivity index (χ1n) is 2.39. The smallest absolute Gasteiger partial charge is 0.168 e. The molecular formula is C4H12N2O2. The van der Waals surface area contributed by atoms with E-state index in [4.69, 9.17) is 15.9 Å². The van der Waals surface area contributed by atoms with Gasteiger partial charge in [-0.15, -0.1) is 0 Å². The Kier molecular flexibility index (Phi) is 2.36. The lowest BCUT2D eigenvalue weighted by atomic mass is 10.5. The Morgan fingerprint density at radius 2 is 2.12 bits per heavy atom. The van der Waals surface area contributed by atoms with Gasteiger partial charge in [0.2, 0.25) is 0 Å². The minimum Gasteiger partial charge on any atom is -0.379 e. The Hall–Kier alpha value is -0.160. The molecule has 0 saturated carbocycles. The molecule has 0 radical (unpaired) electrons. The summed E-state index contributed by atoms with van der Waals surface area (Å²) in [6.45, 7) is 2.82. The minimum atomic E-state index is -1.48. The van der Waals surface area contributed by atoms with Crippen molar-refractivity contribution in [2.45, 2.75) is 25.9 Å². The maximum Gasteiger partial charge on any atom is 0.168 e. The quantitative estimate of drug-likeness (QED) is 0.336. The van der Waals surface area contributed by atoms with Crippen LogP contribution in [0.4, 0.5) is 0 Å². The van der Waals surface area contributed by atoms with Crippen LogP contribution in [0.2, 0.25) is 0 Å². The van der Waals surface area contributed by atoms with Crippen molar-refractivity contribution in [2.75, 3.05) is 0 Å². The van der Waals surface area contributed by atoms with Crippen molar-refractivity contribution < 1.29 is 10.2 Å². The van der Waals surface area contributed by atoms with Gasteiger partial charge in [-0.2, -0.15) is 0 Å². The van der Waals surface area contributed by atoms with E-state index in [0.29, 0.717) is 0 Å². The largest absolute Gasteiger partial charge is 0.379 e. The molecule has 0 saturated heterocycles. The molecule has 5 N–H and O–H groups in total. The third-order valence-corrected chi connectivity index (χ3v) is 0.501. The van der Waals surface area contributed by atoms with Gasteiger partial charge in [0.05, 0.1) is 0 Å². The standard InChI is InChI=1S/C4H12N2O2/c1-3(7)6-4(2,5)8/h3,6-8H,5H2,1-2H3. The maximum atomic E-state index is 8.69. The van der Waals surface area contributed by atoms with Crippen LogP contribution in [0.25, 0.3) is 0 Å². The van der Waals surface area contributed by atoms with Crippen LogP contribution < -0.4 is 11.1 Å². The van der Waals surface area contributed by atoms with Crippen LogP contribution in [0.5, 0.6) is 0 Å². The lowest BCUT2D eigenvalue weighted by molar-refractivity contribution is -0.0219. The van der Waals surface area contributed by atoms with Crippen molar-refractivity contribution >= 4 is 0 Å². The van der Waals surface area contributed by atoms with Gasteiger partial charge in [-0.3, -0.25) is 11.1 Å². The van der Waals surface area contributed by atoms with E-state index in [1.165, 1.54) is 13.8 Å². The molecule has 4 heteroatoms. The molecule has 0 aliphatic heterocycles. The Labute approximate surface area is 48.3 Å². The number of aliphatic hydroxyl groups is 2. The van der Waals surface area contributed by atoms with Crippen LogP contribution in [0, 0.1) is 0 Å². The zero-order chi connectivity index (χ0) is 6.78. The van der Waals surface area contributed by atoms with E-state index in [9.17, 15) is 0 Å². The van der Waals surface area contributed by atoms with Gasteiger partial charge < -0.3 is 10.2 Å². The fraction of sp³-hybridized carbons (Fsp3) is 1.00. The predicted octanol–water partition coefficient (Wildman–Crippen LogP) is -1.46. The molecular weight excluding hydrogens is 108 g/mol. The lowest BCUT2D eigenvalue weighted by Gasteiger charge is -2.20. The Morgan fingerprint density at radius 3 is 2.12 bits per heavy atom. The number of hydrogen-bond donors (Lipinski definition) is 4. The van der Waals surface area contributed by atoms with E-state index in [1.54, 1.807) is 0 Å². The van der Waals surface area contributed by atoms with Crippen molar-refractivity contribution in [2.24, 2.45) is 5.73 Å². The molecule has 0 aliphatic carbocycles. The van der Waals surface area contributed by atoms with Crippen molar-refractivity contribution in [3.05, 3.63) is 0 Å². The summed E-state index contributed by atoms with van der Waals surface area (Å²) in [6, 6.07) is 0. The second kappa shape index (κ2) is 2.41. The Morgan fingerprint density at radius 1 is 1.75 bits per heavy atom. The fourth-order valence-corrected chi connectivity index (χ4v) is 0.423. The summed E-state index contributed by atoms with van der Waals surface area (Å²) in [4.78, 5) is 0. The Bertz CT molecular complexity index is 66.9. The highest BCUT2D eigenvalue weighted by Gasteiger charge is 2.12. The third kappa shape index (κ3) is 5.84. The molecule has 0 rings (SSSR count). The first-order valence-corrected chi connectivity index (χ1v) is 2.39. The van der Waals surface area contributed by atoms with Gasteiger partial charge in [-0.05, 0) is 13.8 Å². The average Bonchev–Trinajstić information content (AvgIpc) is 1.21. The van der Waals surface area contributed by atoms with E-state index in [1.807, 2.05) is 0 Å². The first-order chi connectivity index (χ1) is 3.42. The number of nitrogens with one attached hydrogen (secondary N) is 1. The highest BCUT2D eigenvalue weighted by molar-refractivity contribution is 4.58. The molecule has 0 aliphatic rings. The molecule has 0 heterocycles. The maximum absolute atomic E-state index is 8.69. The molecule has 50 valence electrons. The molecule has 0 bridgehead atoms. The summed E-state index contributed by atoms with van der Waals surface area (Å²) in [5.41, 5.74) is 5.02. The van der Waals surface area contributed by atoms with E-state index < -0.39 is 12.1 Å². The van der Waals surface area contributed by atoms with Gasteiger partial charge in [0.25, 0.3) is 0 Å². The van der Waals surface area contributed by atoms with Crippen LogP contribution >= 0.6 is 0 Å². The first kappa shape index (κ1) is 7.84. The fourth-order valence-electron chi connectivity index (χ4n) is 0.423. The molecule has 2 atom stereocenters. The van der Waals surface area contributed by atoms with Crippen molar-refractivity contribution in [1.29, 1.82) is 0 Å². The molecule has 8 heavy (non-hydrogen) atoms. The summed E-state index contributed by atoms with van der Waals surface area (Å²) in [5.74, 6) is -1.48. The summed E-state index contributed by atoms with van der Waals surface area (Å²) < 4.78 is 0. The van der Waals surface area contributed by atoms with Gasteiger partial charge in [-0.25, -0.2) is 0 Å². The number of nitrogens with two attached hydrogens (primary N) is 1. The van der Waals surface area contributed by atoms with Crippen LogP contribution in [0.3, 0.4) is 0 Å². The second-order valence-electron chi connectivity index (χ2n) is 1.97. The SMILES string of the molecule is CC(O)NC(C)(N)O. The second-order valence-corrected chi connectivity index (χ2v) is 1.97. The van der Waals surface area contributed by atoms with Crippen LogP contribution in [0.15, 0.2) is 0 Å². The summed E-state index contributed by atoms with van der Waals surface area (Å²) in [6.07, 6.45) is -0.782. The van der Waals surface area contributed by atoms with Gasteiger partial charge in [0.1, 0.15) is 6.23 Å². The zero-order valence-corrected chi connectivity index (χ0v) is 5.05. The summed E-state index contributed by atoms with van der Waals surface area (Å²) in [5, 5.41) is 19.5. The minimum absolute atomic E-state index is 0.782. The number of rotatable bonds is 2. The van der Waals surface area contributed by atoms with Gasteiger partial charge >= 0.3 is 0 Å². The third-order valence-electron chi connectivity index (χ3n) is 0.501. The van der Waals surface area contributed by atoms with Crippen molar-refractivity contribution in [1.82, 2.24) is 5.32 Å². The molecule has 0 amide bonds. The molecule has 0 aromatic rings. The lowest BCUT2D eigenvalue weighted by Crippen LogP contribution is -2.54. The molecule has 4 nitrogen and oxygen atoms in total. The molecule has 0 fully saturated rings. The van der Waals surface area contributed by atoms with E-state index in [0.717, 1.165) is 0 Å². The Balaban J connectivity index is 3.39. The molecule has 2 unspecified atom stereocenters. The van der Waals surface area contributed by atoms with Gasteiger partial charge in [0.15, 0.2) is 5.85 Å². The molecule has 0 spiro atoms. The molecule has 0 aromatic carbocycles. The summed E-state index contributed by atoms with van der Waals surface area (Å²) >= 11 is 0. The predicted molar refractivity (Wildman–Crippen MR) is 29.6 cm³/mol. The van der Waals surface area contributed by atoms with Crippen LogP contribution in [-0.4, -0.2) is 22.3 Å². The van der Waals surface area contributed by atoms with E-state index in [2.05, 4.69) is 5.32 Å². The van der Waals surface area contributed by atoms with Crippen molar-refractivity contribution in [3.8, 4) is 0 Å². The monoisotopic (exact) mass is 120 g/mol. The number of aliphatic hydroxyl groups excluding tert-OH is 1. The van der Waals surface area contributed by atoms with E-state index in [-0.39, 0.29) is 0 Å². The highest BCUT2D eigenvalue weighted by atomic mass is 16.3. The average molecular weight is 120 g/mol. The number of hydrogen-bond acceptors (Lipinski definition) is 4.